The van der Waals surface area contributed by atoms with Crippen LogP contribution in [0.5, 0.6) is 0 Å². The third-order valence-corrected chi connectivity index (χ3v) is 7.70. The molecule has 14 heteroatoms. The van der Waals surface area contributed by atoms with E-state index >= 15 is 4.39 Å². The second-order valence-corrected chi connectivity index (χ2v) is 10.8. The van der Waals surface area contributed by atoms with E-state index in [4.69, 9.17) is 23.2 Å². The highest BCUT2D eigenvalue weighted by atomic mass is 35.5. The molecule has 0 spiro atoms. The summed E-state index contributed by atoms with van der Waals surface area (Å²) in [6.07, 6.45) is 5.99. The summed E-state index contributed by atoms with van der Waals surface area (Å²) in [5.41, 5.74) is 4.18. The Kier molecular flexibility index (Phi) is 8.41. The summed E-state index contributed by atoms with van der Waals surface area (Å²) in [6, 6.07) is 20.2. The van der Waals surface area contributed by atoms with Crippen LogP contribution in [0.15, 0.2) is 97.7 Å². The fraction of sp³-hybridized carbons (Fsp3) is 0.0968. The number of anilines is 1. The van der Waals surface area contributed by atoms with Crippen molar-refractivity contribution in [2.45, 2.75) is 12.5 Å². The van der Waals surface area contributed by atoms with Gasteiger partial charge in [0.25, 0.3) is 0 Å². The first-order valence-corrected chi connectivity index (χ1v) is 14.2. The van der Waals surface area contributed by atoms with Gasteiger partial charge in [-0.15, -0.1) is 5.10 Å². The van der Waals surface area contributed by atoms with Crippen molar-refractivity contribution in [3.05, 3.63) is 130 Å². The number of carbonyl (C=O) groups excluding carboxylic acids is 1. The number of pyridine rings is 1. The van der Waals surface area contributed by atoms with Crippen LogP contribution in [0.3, 0.4) is 0 Å². The minimum atomic E-state index is -0.709. The average molecular weight is 645 g/mol. The van der Waals surface area contributed by atoms with E-state index < -0.39 is 18.0 Å². The SMILES string of the molecule is COC(=O)Nc1ccc(-c2cnn(C(Cc3ccc(Cl)cc3)c3ccc(-c4c(-n5cnnn5)ccc(Cl)c4F)c[n+]3[O-])c2)cc1. The van der Waals surface area contributed by atoms with E-state index in [1.165, 1.54) is 30.4 Å². The number of methoxy groups -OCH3 is 1. The lowest BCUT2D eigenvalue weighted by Gasteiger charge is -2.18. The molecule has 11 nitrogen and oxygen atoms in total. The highest BCUT2D eigenvalue weighted by Gasteiger charge is 2.26. The number of hydrogen-bond donors (Lipinski definition) is 1. The van der Waals surface area contributed by atoms with Crippen LogP contribution in [0, 0.1) is 11.0 Å². The number of nitrogens with zero attached hydrogens (tertiary/aromatic N) is 7. The average Bonchev–Trinajstić information content (AvgIpc) is 3.76. The van der Waals surface area contributed by atoms with Crippen molar-refractivity contribution in [1.82, 2.24) is 30.0 Å². The summed E-state index contributed by atoms with van der Waals surface area (Å²) < 4.78 is 23.8. The molecule has 3 aromatic heterocycles. The molecule has 0 saturated heterocycles. The summed E-state index contributed by atoms with van der Waals surface area (Å²) in [5.74, 6) is -0.709. The predicted molar refractivity (Wildman–Crippen MR) is 166 cm³/mol. The zero-order valence-corrected chi connectivity index (χ0v) is 25.0. The molecule has 6 aromatic rings. The maximum atomic E-state index is 15.4. The molecule has 0 aliphatic carbocycles. The van der Waals surface area contributed by atoms with E-state index in [0.717, 1.165) is 16.7 Å². The first-order valence-electron chi connectivity index (χ1n) is 13.5. The molecule has 226 valence electrons. The summed E-state index contributed by atoms with van der Waals surface area (Å²) in [5, 5.41) is 32.5. The fourth-order valence-electron chi connectivity index (χ4n) is 4.93. The third kappa shape index (κ3) is 6.33. The maximum absolute atomic E-state index is 15.4. The molecule has 0 aliphatic rings. The number of ether oxygens (including phenoxy) is 1. The van der Waals surface area contributed by atoms with Gasteiger partial charge in [-0.1, -0.05) is 47.5 Å². The first-order chi connectivity index (χ1) is 21.8. The number of carbonyl (C=O) groups is 1. The fourth-order valence-corrected chi connectivity index (χ4v) is 5.21. The number of benzene rings is 3. The Morgan fingerprint density at radius 1 is 1.02 bits per heavy atom. The number of halogens is 3. The molecular formula is C31H23Cl2FN8O3. The molecule has 1 unspecified atom stereocenters. The molecule has 0 fully saturated rings. The molecule has 1 N–H and O–H groups in total. The molecule has 1 atom stereocenters. The molecule has 3 aromatic carbocycles. The van der Waals surface area contributed by atoms with E-state index in [1.54, 1.807) is 53.3 Å². The van der Waals surface area contributed by atoms with Gasteiger partial charge < -0.3 is 9.94 Å². The van der Waals surface area contributed by atoms with Crippen LogP contribution < -0.4 is 10.0 Å². The molecule has 0 saturated carbocycles. The van der Waals surface area contributed by atoms with E-state index in [2.05, 4.69) is 30.7 Å². The van der Waals surface area contributed by atoms with E-state index in [9.17, 15) is 10.0 Å². The largest absolute Gasteiger partial charge is 0.618 e. The van der Waals surface area contributed by atoms with Crippen molar-refractivity contribution in [2.75, 3.05) is 12.4 Å². The van der Waals surface area contributed by atoms with Gasteiger partial charge >= 0.3 is 6.09 Å². The second-order valence-electron chi connectivity index (χ2n) is 9.93. The van der Waals surface area contributed by atoms with Crippen LogP contribution in [0.4, 0.5) is 14.9 Å². The van der Waals surface area contributed by atoms with Crippen molar-refractivity contribution in [3.63, 3.8) is 0 Å². The molecule has 6 rings (SSSR count). The Labute approximate surface area is 266 Å². The number of tetrazole rings is 1. The Hall–Kier alpha value is -5.33. The van der Waals surface area contributed by atoms with Crippen molar-refractivity contribution in [3.8, 4) is 27.9 Å². The van der Waals surface area contributed by atoms with Gasteiger partial charge in [-0.25, -0.2) is 9.18 Å². The van der Waals surface area contributed by atoms with Gasteiger partial charge in [-0.05, 0) is 64.0 Å². The van der Waals surface area contributed by atoms with Gasteiger partial charge in [0.1, 0.15) is 12.4 Å². The van der Waals surface area contributed by atoms with Crippen LogP contribution in [0.25, 0.3) is 27.9 Å². The van der Waals surface area contributed by atoms with Crippen LogP contribution in [-0.4, -0.2) is 43.2 Å². The van der Waals surface area contributed by atoms with Crippen molar-refractivity contribution >= 4 is 35.0 Å². The molecule has 0 aliphatic heterocycles. The summed E-state index contributed by atoms with van der Waals surface area (Å²) in [4.78, 5) is 11.5. The maximum Gasteiger partial charge on any atom is 0.411 e. The van der Waals surface area contributed by atoms with E-state index in [1.807, 2.05) is 30.5 Å². The second kappa shape index (κ2) is 12.7. The van der Waals surface area contributed by atoms with Gasteiger partial charge in [-0.3, -0.25) is 10.00 Å². The van der Waals surface area contributed by atoms with E-state index in [0.29, 0.717) is 33.2 Å². The Morgan fingerprint density at radius 3 is 2.47 bits per heavy atom. The van der Waals surface area contributed by atoms with Crippen molar-refractivity contribution in [1.29, 1.82) is 0 Å². The van der Waals surface area contributed by atoms with Crippen molar-refractivity contribution in [2.24, 2.45) is 0 Å². The van der Waals surface area contributed by atoms with Gasteiger partial charge in [0.2, 0.25) is 5.69 Å². The number of nitrogens with one attached hydrogen (secondary N) is 1. The lowest BCUT2D eigenvalue weighted by molar-refractivity contribution is -0.615. The van der Waals surface area contributed by atoms with Crippen LogP contribution in [0.1, 0.15) is 17.3 Å². The standard InChI is InChI=1S/C31H23Cl2FN8O3/c1-45-31(43)37-24-9-4-20(5-10-24)22-15-36-40(16-22)28(14-19-2-7-23(32)8-3-19)26-12-6-21(17-42(26)44)29-27(41-18-35-38-39-41)13-11-25(33)30(29)34/h2-13,15-18,28H,14H2,1H3,(H,37,43). The third-order valence-electron chi connectivity index (χ3n) is 7.16. The lowest BCUT2D eigenvalue weighted by Crippen LogP contribution is -2.36. The molecule has 45 heavy (non-hydrogen) atoms. The number of hydrogen-bond acceptors (Lipinski definition) is 7. The molecular weight excluding hydrogens is 622 g/mol. The van der Waals surface area contributed by atoms with Gasteiger partial charge in [0.15, 0.2) is 12.0 Å². The topological polar surface area (TPSA) is 127 Å². The molecule has 1 amide bonds. The van der Waals surface area contributed by atoms with Gasteiger partial charge in [0.05, 0.1) is 35.1 Å². The molecule has 0 bridgehead atoms. The van der Waals surface area contributed by atoms with Crippen LogP contribution in [0.2, 0.25) is 10.0 Å². The normalized spacial score (nSPS) is 11.7. The zero-order valence-electron chi connectivity index (χ0n) is 23.5. The zero-order chi connectivity index (χ0) is 31.5. The minimum absolute atomic E-state index is 0.0757. The Balaban J connectivity index is 1.38. The smallest absolute Gasteiger partial charge is 0.411 e. The molecule has 0 radical (unpaired) electrons. The van der Waals surface area contributed by atoms with Gasteiger partial charge in [-0.2, -0.15) is 14.5 Å². The highest BCUT2D eigenvalue weighted by Crippen LogP contribution is 2.34. The van der Waals surface area contributed by atoms with Gasteiger partial charge in [0, 0.05) is 35.0 Å². The number of amides is 1. The number of aromatic nitrogens is 7. The summed E-state index contributed by atoms with van der Waals surface area (Å²) >= 11 is 12.2. The first kappa shape index (κ1) is 29.7. The van der Waals surface area contributed by atoms with Crippen LogP contribution >= 0.6 is 23.2 Å². The quantitative estimate of drug-likeness (QED) is 0.152. The summed E-state index contributed by atoms with van der Waals surface area (Å²) in [6.45, 7) is 0. The van der Waals surface area contributed by atoms with E-state index in [-0.39, 0.29) is 16.1 Å². The molecule has 3 heterocycles. The highest BCUT2D eigenvalue weighted by molar-refractivity contribution is 6.31. The Bertz CT molecular complexity index is 1970. The summed E-state index contributed by atoms with van der Waals surface area (Å²) in [7, 11) is 1.29. The number of rotatable bonds is 8. The predicted octanol–water partition coefficient (Wildman–Crippen LogP) is 6.28. The van der Waals surface area contributed by atoms with Crippen LogP contribution in [-0.2, 0) is 11.2 Å². The van der Waals surface area contributed by atoms with Crippen molar-refractivity contribution < 1.29 is 18.7 Å². The Morgan fingerprint density at radius 2 is 1.78 bits per heavy atom. The monoisotopic (exact) mass is 644 g/mol. The minimum Gasteiger partial charge on any atom is -0.618 e. The lowest BCUT2D eigenvalue weighted by atomic mass is 10.00.